The highest BCUT2D eigenvalue weighted by Gasteiger charge is 2.37. The first-order valence-corrected chi connectivity index (χ1v) is 16.4. The number of aliphatic hydroxyl groups is 3. The lowest BCUT2D eigenvalue weighted by molar-refractivity contribution is -0.137. The average Bonchev–Trinajstić information content (AvgIpc) is 3.07. The van der Waals surface area contributed by atoms with Gasteiger partial charge < -0.3 is 44.5 Å². The quantitative estimate of drug-likeness (QED) is 0.0494. The van der Waals surface area contributed by atoms with Crippen LogP contribution in [0.2, 0.25) is 5.02 Å². The first-order valence-electron chi connectivity index (χ1n) is 16.0. The Bertz CT molecular complexity index is 1880. The van der Waals surface area contributed by atoms with Gasteiger partial charge in [-0.2, -0.15) is 0 Å². The molecule has 1 aliphatic rings. The van der Waals surface area contributed by atoms with Gasteiger partial charge in [0.1, 0.15) is 39.6 Å². The smallest absolute Gasteiger partial charge is 0.410 e. The number of hydrogen-bond donors (Lipinski definition) is 4. The topological polar surface area (TPSA) is 159 Å². The first kappa shape index (κ1) is 39.8. The molecule has 1 fully saturated rings. The lowest BCUT2D eigenvalue weighted by Crippen LogP contribution is -2.57. The third-order valence-corrected chi connectivity index (χ3v) is 7.92. The van der Waals surface area contributed by atoms with Crippen LogP contribution in [0.25, 0.3) is 5.76 Å². The Morgan fingerprint density at radius 2 is 1.77 bits per heavy atom. The molecule has 16 heteroatoms. The van der Waals surface area contributed by atoms with Gasteiger partial charge in [-0.05, 0) is 57.5 Å². The van der Waals surface area contributed by atoms with Crippen LogP contribution >= 0.6 is 11.6 Å². The third kappa shape index (κ3) is 9.46. The molecule has 4 N–H and O–H groups in total. The Hall–Kier alpha value is -4.99. The SMILES string of the molecule is CCOC(=O)/C(C=Nc1cc(NCc2ccc(CO)cc2OC)c(F)cc1CO)=C(\O)c1cc(F)c(OC2CN(C(=O)OC(C)(C)C)C2)c(Cl)c1F. The fraction of sp³-hybridized carbons (Fsp3) is 0.361. The van der Waals surface area contributed by atoms with Gasteiger partial charge in [0.2, 0.25) is 0 Å². The number of rotatable bonds is 13. The van der Waals surface area contributed by atoms with E-state index in [9.17, 15) is 24.9 Å². The van der Waals surface area contributed by atoms with Gasteiger partial charge in [0, 0.05) is 23.9 Å². The minimum Gasteiger partial charge on any atom is -0.506 e. The van der Waals surface area contributed by atoms with Crippen LogP contribution in [-0.2, 0) is 34.0 Å². The standard InChI is InChI=1S/C36H39ClF3N3O9/c1-6-50-34(47)24(14-42-27-12-28(25(38)10-21(27)18-45)41-13-20-8-7-19(17-44)9-29(20)49-5)32(46)23-11-26(39)33(30(37)31(23)40)51-22-15-43(16-22)35(48)52-36(2,3)4/h7-12,14,22,41,44-46H,6,13,15-18H2,1-5H3/b32-24-,42-14?. The molecule has 0 aromatic heterocycles. The molecule has 52 heavy (non-hydrogen) atoms. The maximum Gasteiger partial charge on any atom is 0.410 e. The van der Waals surface area contributed by atoms with Crippen molar-refractivity contribution in [3.8, 4) is 11.5 Å². The third-order valence-electron chi connectivity index (χ3n) is 7.58. The van der Waals surface area contributed by atoms with Crippen LogP contribution in [0.3, 0.4) is 0 Å². The zero-order valence-electron chi connectivity index (χ0n) is 29.1. The number of carbonyl (C=O) groups is 2. The number of aliphatic hydroxyl groups excluding tert-OH is 3. The molecule has 0 atom stereocenters. The summed E-state index contributed by atoms with van der Waals surface area (Å²) in [5.74, 6) is -5.73. The molecule has 280 valence electrons. The number of hydrogen-bond acceptors (Lipinski definition) is 11. The Balaban J connectivity index is 1.62. The Morgan fingerprint density at radius 1 is 1.06 bits per heavy atom. The van der Waals surface area contributed by atoms with Gasteiger partial charge in [-0.3, -0.25) is 4.99 Å². The Labute approximate surface area is 303 Å². The van der Waals surface area contributed by atoms with Gasteiger partial charge in [-0.15, -0.1) is 0 Å². The summed E-state index contributed by atoms with van der Waals surface area (Å²) in [7, 11) is 1.45. The first-order chi connectivity index (χ1) is 24.6. The van der Waals surface area contributed by atoms with Crippen LogP contribution in [0.15, 0.2) is 47.0 Å². The summed E-state index contributed by atoms with van der Waals surface area (Å²) in [6, 6.07) is 7.82. The Kier molecular flexibility index (Phi) is 13.0. The molecule has 0 saturated carbocycles. The highest BCUT2D eigenvalue weighted by Crippen LogP contribution is 2.37. The molecular formula is C36H39ClF3N3O9. The number of anilines is 1. The summed E-state index contributed by atoms with van der Waals surface area (Å²) in [6.45, 7) is 5.66. The molecule has 3 aromatic carbocycles. The van der Waals surface area contributed by atoms with Crippen LogP contribution < -0.4 is 14.8 Å². The molecule has 0 unspecified atom stereocenters. The molecule has 1 aliphatic heterocycles. The van der Waals surface area contributed by atoms with Crippen molar-refractivity contribution in [3.63, 3.8) is 0 Å². The zero-order valence-corrected chi connectivity index (χ0v) is 29.8. The minimum absolute atomic E-state index is 0.00474. The fourth-order valence-corrected chi connectivity index (χ4v) is 5.16. The second-order valence-electron chi connectivity index (χ2n) is 12.5. The van der Waals surface area contributed by atoms with Crippen molar-refractivity contribution in [2.45, 2.75) is 59.2 Å². The molecule has 0 aliphatic carbocycles. The number of amides is 1. The number of nitrogens with one attached hydrogen (secondary N) is 1. The maximum atomic E-state index is 15.6. The maximum absolute atomic E-state index is 15.6. The van der Waals surface area contributed by atoms with Crippen molar-refractivity contribution in [1.29, 1.82) is 0 Å². The molecule has 0 bridgehead atoms. The summed E-state index contributed by atoms with van der Waals surface area (Å²) in [5.41, 5.74) is -1.13. The van der Waals surface area contributed by atoms with Crippen LogP contribution in [-0.4, -0.2) is 77.0 Å². The van der Waals surface area contributed by atoms with Gasteiger partial charge in [0.15, 0.2) is 17.4 Å². The van der Waals surface area contributed by atoms with Gasteiger partial charge in [-0.25, -0.2) is 22.8 Å². The van der Waals surface area contributed by atoms with E-state index >= 15 is 13.2 Å². The molecule has 12 nitrogen and oxygen atoms in total. The summed E-state index contributed by atoms with van der Waals surface area (Å²) < 4.78 is 67.1. The number of nitrogens with zero attached hydrogens (tertiary/aromatic N) is 2. The van der Waals surface area contributed by atoms with Crippen LogP contribution in [0.4, 0.5) is 29.3 Å². The predicted molar refractivity (Wildman–Crippen MR) is 186 cm³/mol. The van der Waals surface area contributed by atoms with Crippen molar-refractivity contribution < 1.29 is 57.0 Å². The monoisotopic (exact) mass is 749 g/mol. The molecule has 0 radical (unpaired) electrons. The van der Waals surface area contributed by atoms with Gasteiger partial charge in [0.05, 0.1) is 57.0 Å². The van der Waals surface area contributed by atoms with E-state index in [1.54, 1.807) is 39.0 Å². The normalized spacial score (nSPS) is 13.8. The van der Waals surface area contributed by atoms with E-state index in [0.29, 0.717) is 22.9 Å². The van der Waals surface area contributed by atoms with E-state index in [-0.39, 0.29) is 49.8 Å². The highest BCUT2D eigenvalue weighted by molar-refractivity contribution is 6.32. The second kappa shape index (κ2) is 17.0. The number of aliphatic imine (C=N–C) groups is 1. The number of carbonyl (C=O) groups excluding carboxylic acids is 2. The summed E-state index contributed by atoms with van der Waals surface area (Å²) in [6.07, 6.45) is -0.537. The van der Waals surface area contributed by atoms with E-state index in [2.05, 4.69) is 10.3 Å². The van der Waals surface area contributed by atoms with Crippen molar-refractivity contribution in [2.75, 3.05) is 32.1 Å². The van der Waals surface area contributed by atoms with E-state index in [1.165, 1.54) is 25.0 Å². The van der Waals surface area contributed by atoms with E-state index in [0.717, 1.165) is 12.3 Å². The number of ether oxygens (including phenoxy) is 4. The van der Waals surface area contributed by atoms with E-state index in [4.69, 9.17) is 30.5 Å². The van der Waals surface area contributed by atoms with Gasteiger partial charge in [-0.1, -0.05) is 23.7 Å². The number of methoxy groups -OCH3 is 1. The largest absolute Gasteiger partial charge is 0.506 e. The average molecular weight is 750 g/mol. The van der Waals surface area contributed by atoms with Crippen molar-refractivity contribution in [2.24, 2.45) is 4.99 Å². The van der Waals surface area contributed by atoms with Crippen molar-refractivity contribution in [3.05, 3.63) is 86.7 Å². The zero-order chi connectivity index (χ0) is 38.3. The van der Waals surface area contributed by atoms with Gasteiger partial charge >= 0.3 is 12.1 Å². The molecule has 1 saturated heterocycles. The molecular weight excluding hydrogens is 711 g/mol. The van der Waals surface area contributed by atoms with Crippen molar-refractivity contribution in [1.82, 2.24) is 4.90 Å². The van der Waals surface area contributed by atoms with Gasteiger partial charge in [0.25, 0.3) is 0 Å². The molecule has 3 aromatic rings. The number of benzene rings is 3. The highest BCUT2D eigenvalue weighted by atomic mass is 35.5. The molecule has 0 spiro atoms. The number of halogens is 4. The number of likely N-dealkylation sites (tertiary alicyclic amines) is 1. The molecule has 1 amide bonds. The lowest BCUT2D eigenvalue weighted by atomic mass is 10.1. The summed E-state index contributed by atoms with van der Waals surface area (Å²) in [5, 5.41) is 32.5. The van der Waals surface area contributed by atoms with Crippen LogP contribution in [0.5, 0.6) is 11.5 Å². The van der Waals surface area contributed by atoms with Crippen LogP contribution in [0, 0.1) is 17.5 Å². The Morgan fingerprint density at radius 3 is 2.38 bits per heavy atom. The summed E-state index contributed by atoms with van der Waals surface area (Å²) >= 11 is 6.14. The molecule has 1 heterocycles. The second-order valence-corrected chi connectivity index (χ2v) is 12.9. The predicted octanol–water partition coefficient (Wildman–Crippen LogP) is 6.60. The van der Waals surface area contributed by atoms with E-state index < -0.39 is 75.5 Å². The van der Waals surface area contributed by atoms with Crippen molar-refractivity contribution >= 4 is 47.0 Å². The van der Waals surface area contributed by atoms with E-state index in [1.807, 2.05) is 0 Å². The van der Waals surface area contributed by atoms with Crippen LogP contribution in [0.1, 0.15) is 49.9 Å². The molecule has 4 rings (SSSR count). The minimum atomic E-state index is -1.33. The summed E-state index contributed by atoms with van der Waals surface area (Å²) in [4.78, 5) is 30.6. The fourth-order valence-electron chi connectivity index (χ4n) is 4.92. The lowest BCUT2D eigenvalue weighted by Gasteiger charge is -2.39. The number of esters is 1.